The molecule has 10 aromatic heterocycles. The van der Waals surface area contributed by atoms with E-state index in [1.165, 1.54) is 39.2 Å². The van der Waals surface area contributed by atoms with Crippen molar-refractivity contribution < 1.29 is 60.5 Å². The van der Waals surface area contributed by atoms with Crippen LogP contribution in [0, 0.1) is 27.7 Å². The number of anilines is 4. The number of carbonyl (C=O) groups excluding carboxylic acids is 8. The minimum absolute atomic E-state index is 0. The lowest BCUT2D eigenvalue weighted by Gasteiger charge is -2.36. The third-order valence-corrected chi connectivity index (χ3v) is 21.5. The van der Waals surface area contributed by atoms with Gasteiger partial charge in [0.1, 0.15) is 29.1 Å². The van der Waals surface area contributed by atoms with Gasteiger partial charge in [0, 0.05) is 216 Å². The highest BCUT2D eigenvalue weighted by Gasteiger charge is 2.34. The second-order valence-electron chi connectivity index (χ2n) is 29.7. The normalized spacial score (nSPS) is 17.4. The van der Waals surface area contributed by atoms with Gasteiger partial charge in [-0.2, -0.15) is 24.0 Å². The van der Waals surface area contributed by atoms with Gasteiger partial charge >= 0.3 is 34.9 Å². The summed E-state index contributed by atoms with van der Waals surface area (Å²) in [4.78, 5) is 156. The zero-order valence-corrected chi connectivity index (χ0v) is 81.0. The Kier molecular flexibility index (Phi) is 42.2. The van der Waals surface area contributed by atoms with E-state index in [0.717, 1.165) is 106 Å². The Balaban J connectivity index is 0.000000267. The molecule has 3 unspecified atom stereocenters. The number of piperazine rings is 4. The molecule has 8 amide bonds. The van der Waals surface area contributed by atoms with Gasteiger partial charge in [0.25, 0.3) is 11.8 Å². The molecule has 15 N–H and O–H groups in total. The van der Waals surface area contributed by atoms with Crippen molar-refractivity contribution >= 4 is 212 Å². The Morgan fingerprint density at radius 1 is 0.520 bits per heavy atom. The number of fused-ring (bicyclic) bond motifs is 4. The van der Waals surface area contributed by atoms with Crippen molar-refractivity contribution in [2.75, 3.05) is 130 Å². The first kappa shape index (κ1) is 104. The topological polar surface area (TPSA) is 565 Å². The van der Waals surface area contributed by atoms with E-state index in [2.05, 4.69) is 154 Å². The number of nitrogens with zero attached hydrogens (tertiary/aromatic N) is 17. The molecule has 17 rings (SSSR count). The van der Waals surface area contributed by atoms with E-state index in [9.17, 15) is 61.9 Å². The average Bonchev–Trinajstić information content (AvgIpc) is 1.63. The SMILES string of the molecule is CC(C)(C)OC(=O)N1CCN(c2ccn3c(=O)[nH]nc3c2)CC1.CC(C)(C)OC(=O)N1CCNCC1.Cl.Fc1cc(I)ccn1.N=N.NNc1cc(I)ccn1.O.O=C1CCC(Br)C(=O)N1.O=C1CCC(n2nc3cc(N4CCNCC4)ccn3c2=O)C(=O)N1.O=C1CCC(n2nc3cc(N4CCNCC4)ccn3c2=O)C(=O)N1.O=c1[nH]nc2cc(I)ccn12.[2H]CI.[HH]. The van der Waals surface area contributed by atoms with Crippen LogP contribution in [-0.4, -0.2) is 256 Å². The van der Waals surface area contributed by atoms with Crippen LogP contribution in [0.15, 0.2) is 129 Å². The van der Waals surface area contributed by atoms with Gasteiger partial charge in [-0.3, -0.25) is 62.3 Å². The van der Waals surface area contributed by atoms with Crippen LogP contribution in [-0.2, 0) is 38.2 Å². The predicted molar refractivity (Wildman–Crippen MR) is 512 cm³/mol. The standard InChI is InChI=1S/2C15H18N6O3.C15H21N5O3.C9H18N2O2.C6H4IN3O.C5H6BrNO2.C5H3FIN.C5H6IN3.CH3I.ClH.H2N2.H2O.H2/c2*22-13-2-1-11(14(23)17-13)21-15(24)20-6-3-10(9-12(20)18-21)19-7-4-16-5-8-19;1-15(2,3)23-14(22)19-8-6-18(7-9-19)11-4-5-20-12(10-11)16-17-13(20)21;1-9(2,3)13-8(12)11-6-4-10-5-7-11;7-4-1-2-10-5(3-4)8-9-6(10)11;6-3-1-2-4(8)7-5(3)9;6-5-3-4(7)1-2-8-5;6-4-1-2-8-5(3-4)9-7;1-2;;1-2;;/h2*3,6,9,11,16H,1-2,4-5,7-8H2,(H,17,22,23);4-5,10H,6-9H2,1-3H3,(H,17,21);10H,4-7H2,1-3H3;1-3H,(H,9,11);3H,1-2H2,(H,7,8,9);1-3H;1-3H,7H2,(H,8,9);1H3;1H;1-2H;1H2;1H/i;;;;;;;;1D;;;;. The molecule has 7 saturated heterocycles. The largest absolute Gasteiger partial charge is 0.444 e. The summed E-state index contributed by atoms with van der Waals surface area (Å²) in [5.41, 5.74) is 15.6. The van der Waals surface area contributed by atoms with Crippen molar-refractivity contribution in [3.63, 3.8) is 0 Å². The number of aromatic nitrogens is 14. The summed E-state index contributed by atoms with van der Waals surface area (Å²) >= 11 is 11.5. The predicted octanol–water partition coefficient (Wildman–Crippen LogP) is 4.77. The summed E-state index contributed by atoms with van der Waals surface area (Å²) in [6.07, 6.45) is 11.5. The van der Waals surface area contributed by atoms with Crippen LogP contribution >= 0.6 is 119 Å². The number of nitrogen functional groups attached to an aromatic ring is 1. The second kappa shape index (κ2) is 51.4. The third-order valence-electron chi connectivity index (χ3n) is 18.6. The maximum Gasteiger partial charge on any atom is 0.410 e. The minimum atomic E-state index is -0.738. The number of aromatic amines is 2. The molecule has 7 aliphatic heterocycles. The fourth-order valence-corrected chi connectivity index (χ4v) is 14.2. The number of hydrazine groups is 1. The molecule has 0 aliphatic carbocycles. The molecule has 44 nitrogen and oxygen atoms in total. The smallest absolute Gasteiger partial charge is 0.410 e. The van der Waals surface area contributed by atoms with Crippen LogP contribution in [0.25, 0.3) is 22.6 Å². The van der Waals surface area contributed by atoms with Crippen molar-refractivity contribution in [2.45, 2.75) is 108 Å². The van der Waals surface area contributed by atoms with E-state index in [-0.39, 0.29) is 101 Å². The van der Waals surface area contributed by atoms with Crippen LogP contribution < -0.4 is 80.6 Å². The second-order valence-corrected chi connectivity index (χ2v) is 34.6. The maximum atomic E-state index is 12.5. The number of nitrogens with two attached hydrogens (primary N) is 1. The lowest BCUT2D eigenvalue weighted by molar-refractivity contribution is -0.137. The number of hydrogen-bond acceptors (Lipinski definition) is 30. The van der Waals surface area contributed by atoms with Gasteiger partial charge in [-0.25, -0.2) is 65.8 Å². The molecule has 51 heteroatoms. The molecule has 10 aromatic rings. The van der Waals surface area contributed by atoms with Gasteiger partial charge in [-0.1, -0.05) is 38.5 Å². The van der Waals surface area contributed by atoms with E-state index in [0.29, 0.717) is 85.2 Å². The Morgan fingerprint density at radius 3 is 1.26 bits per heavy atom. The summed E-state index contributed by atoms with van der Waals surface area (Å²) < 4.78 is 40.1. The fraction of sp³-hybridized carbons (Fsp3) is 0.447. The lowest BCUT2D eigenvalue weighted by Crippen LogP contribution is -2.50. The van der Waals surface area contributed by atoms with Gasteiger partial charge in [0.15, 0.2) is 22.6 Å². The van der Waals surface area contributed by atoms with Crippen molar-refractivity contribution in [2.24, 2.45) is 5.84 Å². The van der Waals surface area contributed by atoms with Crippen LogP contribution in [0.3, 0.4) is 0 Å². The van der Waals surface area contributed by atoms with Crippen LogP contribution in [0.5, 0.6) is 0 Å². The molecule has 0 radical (unpaired) electrons. The number of H-pyrrole nitrogens is 2. The van der Waals surface area contributed by atoms with E-state index in [1.807, 2.05) is 147 Å². The maximum absolute atomic E-state index is 12.5. The van der Waals surface area contributed by atoms with Crippen LogP contribution in [0.4, 0.5) is 36.9 Å². The average molecular weight is 2310 g/mol. The zero-order chi connectivity index (χ0) is 92.0. The number of halogens is 7. The van der Waals surface area contributed by atoms with Gasteiger partial charge < -0.3 is 60.8 Å². The summed E-state index contributed by atoms with van der Waals surface area (Å²) in [5.74, 6) is 3.42. The molecular weight excluding hydrogens is 2200 g/mol. The highest BCUT2D eigenvalue weighted by atomic mass is 127. The lowest BCUT2D eigenvalue weighted by atomic mass is 10.1. The first-order valence-electron chi connectivity index (χ1n) is 39.7. The summed E-state index contributed by atoms with van der Waals surface area (Å²) in [6, 6.07) is 20.3. The summed E-state index contributed by atoms with van der Waals surface area (Å²) in [6.45, 7) is 24.3. The molecular formula is C76H104BrClFI4N29O15. The first-order valence-corrected chi connectivity index (χ1v) is 44.7. The summed E-state index contributed by atoms with van der Waals surface area (Å²) in [7, 11) is 0. The number of carbonyl (C=O) groups is 8. The molecule has 0 saturated carbocycles. The number of alkyl halides is 2. The molecule has 127 heavy (non-hydrogen) atoms. The molecule has 7 fully saturated rings. The molecule has 0 bridgehead atoms. The van der Waals surface area contributed by atoms with Gasteiger partial charge in [-0.05, 0) is 182 Å². The van der Waals surface area contributed by atoms with Crippen LogP contribution in [0.2, 0.25) is 0 Å². The van der Waals surface area contributed by atoms with Gasteiger partial charge in [0.2, 0.25) is 29.6 Å². The monoisotopic (exact) mass is 2300 g/mol. The third kappa shape index (κ3) is 32.1. The number of pyridine rings is 6. The van der Waals surface area contributed by atoms with Crippen molar-refractivity contribution in [3.05, 3.63) is 169 Å². The Hall–Kier alpha value is -9.84. The number of rotatable bonds is 6. The van der Waals surface area contributed by atoms with Crippen molar-refractivity contribution in [3.8, 4) is 0 Å². The van der Waals surface area contributed by atoms with Gasteiger partial charge in [-0.15, -0.1) is 22.6 Å². The Morgan fingerprint density at radius 2 is 0.882 bits per heavy atom. The molecule has 692 valence electrons. The van der Waals surface area contributed by atoms with E-state index in [4.69, 9.17) is 27.7 Å². The van der Waals surface area contributed by atoms with Gasteiger partial charge in [0.05, 0.1) is 4.83 Å². The number of hydrogen-bond donors (Lipinski definition) is 12. The number of nitrogens with one attached hydrogen (secondary N) is 11. The molecule has 7 aliphatic rings. The molecule has 3 atom stereocenters. The first-order chi connectivity index (χ1) is 60.1. The quantitative estimate of drug-likeness (QED) is 0.0203. The Labute approximate surface area is 798 Å². The minimum Gasteiger partial charge on any atom is -0.444 e. The molecule has 17 heterocycles. The molecule has 0 aromatic carbocycles. The zero-order valence-electron chi connectivity index (χ0n) is 71.0. The number of amides is 8. The highest BCUT2D eigenvalue weighted by Crippen LogP contribution is 2.24. The van der Waals surface area contributed by atoms with E-state index >= 15 is 0 Å². The van der Waals surface area contributed by atoms with E-state index < -0.39 is 35.4 Å². The molecule has 0 spiro atoms. The van der Waals surface area contributed by atoms with Crippen molar-refractivity contribution in [1.82, 2.24) is 109 Å². The van der Waals surface area contributed by atoms with Crippen molar-refractivity contribution in [1.29, 1.82) is 11.1 Å². The Bertz CT molecular complexity index is 5470. The highest BCUT2D eigenvalue weighted by molar-refractivity contribution is 14.1. The summed E-state index contributed by atoms with van der Waals surface area (Å²) in [5, 5.41) is 37.7. The van der Waals surface area contributed by atoms with E-state index in [1.54, 1.807) is 46.9 Å². The number of ether oxygens (including phenoxy) is 2. The number of imide groups is 3. The fourth-order valence-electron chi connectivity index (χ4n) is 12.6. The number of piperidine rings is 3. The van der Waals surface area contributed by atoms with Crippen LogP contribution in [0.1, 0.15) is 94.9 Å².